The molecular formula is C22H16N2O6. The van der Waals surface area contributed by atoms with E-state index in [1.54, 1.807) is 24.3 Å². The van der Waals surface area contributed by atoms with Crippen molar-refractivity contribution in [2.75, 3.05) is 0 Å². The van der Waals surface area contributed by atoms with Crippen LogP contribution in [0.2, 0.25) is 0 Å². The van der Waals surface area contributed by atoms with Gasteiger partial charge in [-0.2, -0.15) is 0 Å². The monoisotopic (exact) mass is 404 g/mol. The van der Waals surface area contributed by atoms with Crippen molar-refractivity contribution in [3.8, 4) is 11.5 Å². The summed E-state index contributed by atoms with van der Waals surface area (Å²) in [4.78, 5) is 20.5. The summed E-state index contributed by atoms with van der Waals surface area (Å²) in [5.41, 5.74) is 1.27. The van der Waals surface area contributed by atoms with Gasteiger partial charge in [0, 0.05) is 35.4 Å². The van der Waals surface area contributed by atoms with Crippen LogP contribution >= 0.6 is 0 Å². The van der Waals surface area contributed by atoms with Gasteiger partial charge in [-0.15, -0.1) is 0 Å². The second kappa shape index (κ2) is 8.70. The molecule has 3 rings (SSSR count). The summed E-state index contributed by atoms with van der Waals surface area (Å²) in [6.07, 6.45) is 0. The number of hydrogen-bond donors (Lipinski definition) is 0. The number of benzene rings is 3. The molecule has 0 saturated carbocycles. The number of hydrogen-bond acceptors (Lipinski definition) is 6. The topological polar surface area (TPSA) is 105 Å². The van der Waals surface area contributed by atoms with Crippen molar-refractivity contribution in [1.82, 2.24) is 0 Å². The summed E-state index contributed by atoms with van der Waals surface area (Å²) in [6.45, 7) is 7.80. The Labute approximate surface area is 171 Å². The molecular weight excluding hydrogens is 388 g/mol. The molecule has 0 aliphatic rings. The van der Waals surface area contributed by atoms with Gasteiger partial charge in [0.15, 0.2) is 0 Å². The average molecular weight is 404 g/mol. The van der Waals surface area contributed by atoms with Gasteiger partial charge in [0.05, 0.1) is 9.85 Å². The number of nitrogens with zero attached hydrogens (tertiary/aromatic N) is 2. The fourth-order valence-electron chi connectivity index (χ4n) is 2.54. The fourth-order valence-corrected chi connectivity index (χ4v) is 2.54. The van der Waals surface area contributed by atoms with E-state index in [9.17, 15) is 20.2 Å². The number of non-ortho nitro benzene ring substituents is 2. The summed E-state index contributed by atoms with van der Waals surface area (Å²) >= 11 is 0. The van der Waals surface area contributed by atoms with Crippen LogP contribution in [0, 0.1) is 20.2 Å². The zero-order valence-electron chi connectivity index (χ0n) is 15.7. The normalized spacial score (nSPS) is 10.1. The first-order valence-corrected chi connectivity index (χ1v) is 8.67. The van der Waals surface area contributed by atoms with Crippen LogP contribution in [0.15, 0.2) is 86.0 Å². The van der Waals surface area contributed by atoms with E-state index in [1.165, 1.54) is 48.5 Å². The molecule has 8 nitrogen and oxygen atoms in total. The highest BCUT2D eigenvalue weighted by Gasteiger charge is 2.10. The van der Waals surface area contributed by atoms with E-state index >= 15 is 0 Å². The van der Waals surface area contributed by atoms with Crippen LogP contribution in [0.5, 0.6) is 11.5 Å². The second-order valence-corrected chi connectivity index (χ2v) is 6.13. The Morgan fingerprint density at radius 2 is 1.03 bits per heavy atom. The highest BCUT2D eigenvalue weighted by molar-refractivity contribution is 5.67. The van der Waals surface area contributed by atoms with Gasteiger partial charge < -0.3 is 9.47 Å². The maximum absolute atomic E-state index is 10.7. The first-order chi connectivity index (χ1) is 14.3. The Bertz CT molecular complexity index is 1030. The van der Waals surface area contributed by atoms with Gasteiger partial charge in [0.2, 0.25) is 0 Å². The number of ether oxygens (including phenoxy) is 2. The molecule has 0 amide bonds. The highest BCUT2D eigenvalue weighted by atomic mass is 16.6. The molecule has 30 heavy (non-hydrogen) atoms. The van der Waals surface area contributed by atoms with E-state index in [4.69, 9.17) is 9.47 Å². The smallest absolute Gasteiger partial charge is 0.269 e. The van der Waals surface area contributed by atoms with Crippen molar-refractivity contribution in [3.05, 3.63) is 117 Å². The zero-order chi connectivity index (χ0) is 21.7. The molecule has 0 aliphatic carbocycles. The van der Waals surface area contributed by atoms with Crippen molar-refractivity contribution >= 4 is 22.9 Å². The lowest BCUT2D eigenvalue weighted by atomic mass is 10.1. The predicted octanol–water partition coefficient (Wildman–Crippen LogP) is 5.60. The minimum Gasteiger partial charge on any atom is -0.457 e. The first-order valence-electron chi connectivity index (χ1n) is 8.67. The van der Waals surface area contributed by atoms with Gasteiger partial charge in [-0.1, -0.05) is 31.4 Å². The van der Waals surface area contributed by atoms with E-state index in [0.29, 0.717) is 34.1 Å². The molecule has 8 heteroatoms. The Kier molecular flexibility index (Phi) is 5.88. The molecule has 150 valence electrons. The number of nitro groups is 2. The third-order valence-corrected chi connectivity index (χ3v) is 4.08. The number of nitro benzene ring substituents is 2. The molecule has 0 spiro atoms. The highest BCUT2D eigenvalue weighted by Crippen LogP contribution is 2.26. The molecule has 0 fully saturated rings. The van der Waals surface area contributed by atoms with E-state index in [1.807, 2.05) is 0 Å². The first kappa shape index (κ1) is 20.3. The van der Waals surface area contributed by atoms with Crippen molar-refractivity contribution in [3.63, 3.8) is 0 Å². The third kappa shape index (κ3) is 4.87. The van der Waals surface area contributed by atoms with Crippen molar-refractivity contribution in [2.45, 2.75) is 0 Å². The van der Waals surface area contributed by atoms with Crippen LogP contribution in [-0.4, -0.2) is 9.85 Å². The van der Waals surface area contributed by atoms with E-state index in [0.717, 1.165) is 0 Å². The lowest BCUT2D eigenvalue weighted by Crippen LogP contribution is -1.98. The SMILES string of the molecule is C=C(Oc1ccc([N+](=O)[O-])cc1)c1cccc(C(=C)Oc2ccc([N+](=O)[O-])cc2)c1. The van der Waals surface area contributed by atoms with Gasteiger partial charge in [-0.05, 0) is 30.3 Å². The minimum absolute atomic E-state index is 0.0327. The van der Waals surface area contributed by atoms with Gasteiger partial charge in [-0.3, -0.25) is 20.2 Å². The Hall–Kier alpha value is -4.46. The van der Waals surface area contributed by atoms with Crippen LogP contribution in [0.4, 0.5) is 11.4 Å². The third-order valence-electron chi connectivity index (χ3n) is 4.08. The van der Waals surface area contributed by atoms with Crippen molar-refractivity contribution in [1.29, 1.82) is 0 Å². The van der Waals surface area contributed by atoms with Crippen LogP contribution in [-0.2, 0) is 0 Å². The molecule has 0 saturated heterocycles. The van der Waals surface area contributed by atoms with Gasteiger partial charge in [-0.25, -0.2) is 0 Å². The lowest BCUT2D eigenvalue weighted by molar-refractivity contribution is -0.385. The second-order valence-electron chi connectivity index (χ2n) is 6.13. The maximum Gasteiger partial charge on any atom is 0.269 e. The molecule has 0 N–H and O–H groups in total. The summed E-state index contributed by atoms with van der Waals surface area (Å²) in [5, 5.41) is 21.5. The standard InChI is InChI=1S/C22H16N2O6/c1-15(29-21-10-6-19(7-11-21)23(25)26)17-4-3-5-18(14-17)16(2)30-22-12-8-20(9-13-22)24(27)28/h3-14H,1-2H2. The Balaban J connectivity index is 1.69. The van der Waals surface area contributed by atoms with Gasteiger partial charge in [0.25, 0.3) is 11.4 Å². The van der Waals surface area contributed by atoms with Crippen LogP contribution in [0.1, 0.15) is 11.1 Å². The molecule has 0 unspecified atom stereocenters. The lowest BCUT2D eigenvalue weighted by Gasteiger charge is -2.12. The minimum atomic E-state index is -0.487. The van der Waals surface area contributed by atoms with Crippen LogP contribution in [0.25, 0.3) is 11.5 Å². The average Bonchev–Trinajstić information content (AvgIpc) is 2.74. The van der Waals surface area contributed by atoms with E-state index in [2.05, 4.69) is 13.2 Å². The quantitative estimate of drug-likeness (QED) is 0.275. The molecule has 0 aromatic heterocycles. The molecule has 0 aliphatic heterocycles. The fraction of sp³-hybridized carbons (Fsp3) is 0. The maximum atomic E-state index is 10.7. The molecule has 0 heterocycles. The molecule has 0 bridgehead atoms. The van der Waals surface area contributed by atoms with Crippen molar-refractivity contribution < 1.29 is 19.3 Å². The van der Waals surface area contributed by atoms with E-state index < -0.39 is 9.85 Å². The summed E-state index contributed by atoms with van der Waals surface area (Å²) in [6, 6.07) is 18.5. The van der Waals surface area contributed by atoms with Crippen molar-refractivity contribution in [2.24, 2.45) is 0 Å². The molecule has 0 radical (unpaired) electrons. The largest absolute Gasteiger partial charge is 0.457 e. The Morgan fingerprint density at radius 3 is 1.37 bits per heavy atom. The van der Waals surface area contributed by atoms with Gasteiger partial charge >= 0.3 is 0 Å². The zero-order valence-corrected chi connectivity index (χ0v) is 15.7. The summed E-state index contributed by atoms with van der Waals surface area (Å²) in [5.74, 6) is 1.51. The summed E-state index contributed by atoms with van der Waals surface area (Å²) < 4.78 is 11.3. The molecule has 3 aromatic carbocycles. The van der Waals surface area contributed by atoms with Gasteiger partial charge in [0.1, 0.15) is 23.0 Å². The summed E-state index contributed by atoms with van der Waals surface area (Å²) in [7, 11) is 0. The van der Waals surface area contributed by atoms with Crippen LogP contribution < -0.4 is 9.47 Å². The molecule has 3 aromatic rings. The number of rotatable bonds is 8. The van der Waals surface area contributed by atoms with Crippen LogP contribution in [0.3, 0.4) is 0 Å². The predicted molar refractivity (Wildman–Crippen MR) is 112 cm³/mol. The molecule has 0 atom stereocenters. The van der Waals surface area contributed by atoms with E-state index in [-0.39, 0.29) is 11.4 Å². The Morgan fingerprint density at radius 1 is 0.667 bits per heavy atom.